The SMILES string of the molecule is c1ccc(-c2[nH]c3ccccc3c2CC[NH2+]CCN2CCOCC2)cc1. The van der Waals surface area contributed by atoms with Crippen molar-refractivity contribution in [3.8, 4) is 11.3 Å². The number of aromatic amines is 1. The van der Waals surface area contributed by atoms with E-state index in [0.717, 1.165) is 52.4 Å². The quantitative estimate of drug-likeness (QED) is 0.642. The number of nitrogens with one attached hydrogen (secondary N) is 1. The first-order valence-corrected chi connectivity index (χ1v) is 9.68. The standard InChI is InChI=1S/C22H27N3O/c1-2-6-18(7-3-1)22-20(19-8-4-5-9-21(19)24-22)10-11-23-12-13-25-14-16-26-17-15-25/h1-9,23-24H,10-17H2/p+1. The Balaban J connectivity index is 1.42. The maximum absolute atomic E-state index is 5.42. The second-order valence-electron chi connectivity index (χ2n) is 6.96. The lowest BCUT2D eigenvalue weighted by atomic mass is 10.0. The van der Waals surface area contributed by atoms with Crippen molar-refractivity contribution in [2.24, 2.45) is 0 Å². The average Bonchev–Trinajstić information content (AvgIpc) is 3.08. The van der Waals surface area contributed by atoms with Crippen LogP contribution in [0.4, 0.5) is 0 Å². The molecule has 0 bridgehead atoms. The van der Waals surface area contributed by atoms with Gasteiger partial charge in [-0.1, -0.05) is 48.5 Å². The lowest BCUT2D eigenvalue weighted by Crippen LogP contribution is -2.86. The number of para-hydroxylation sites is 1. The molecule has 0 amide bonds. The summed E-state index contributed by atoms with van der Waals surface area (Å²) in [5.41, 5.74) is 5.21. The second kappa shape index (κ2) is 8.49. The highest BCUT2D eigenvalue weighted by Gasteiger charge is 2.14. The van der Waals surface area contributed by atoms with Gasteiger partial charge in [0, 0.05) is 42.7 Å². The third-order valence-electron chi connectivity index (χ3n) is 5.23. The van der Waals surface area contributed by atoms with Crippen molar-refractivity contribution in [1.29, 1.82) is 0 Å². The van der Waals surface area contributed by atoms with Crippen molar-refractivity contribution < 1.29 is 10.1 Å². The lowest BCUT2D eigenvalue weighted by molar-refractivity contribution is -0.654. The molecule has 26 heavy (non-hydrogen) atoms. The molecule has 0 radical (unpaired) electrons. The highest BCUT2D eigenvalue weighted by molar-refractivity contribution is 5.90. The molecule has 1 aliphatic heterocycles. The summed E-state index contributed by atoms with van der Waals surface area (Å²) in [7, 11) is 0. The van der Waals surface area contributed by atoms with Gasteiger partial charge in [-0.25, -0.2) is 0 Å². The first-order chi connectivity index (χ1) is 12.9. The fourth-order valence-corrected chi connectivity index (χ4v) is 3.80. The molecule has 1 aliphatic rings. The van der Waals surface area contributed by atoms with Gasteiger partial charge in [-0.15, -0.1) is 0 Å². The molecule has 4 heteroatoms. The van der Waals surface area contributed by atoms with Gasteiger partial charge in [0.2, 0.25) is 0 Å². The zero-order valence-corrected chi connectivity index (χ0v) is 15.3. The smallest absolute Gasteiger partial charge is 0.0884 e. The summed E-state index contributed by atoms with van der Waals surface area (Å²) < 4.78 is 5.42. The van der Waals surface area contributed by atoms with E-state index in [-0.39, 0.29) is 0 Å². The van der Waals surface area contributed by atoms with Gasteiger partial charge < -0.3 is 15.0 Å². The predicted octanol–water partition coefficient (Wildman–Crippen LogP) is 2.27. The van der Waals surface area contributed by atoms with Gasteiger partial charge >= 0.3 is 0 Å². The molecule has 2 aromatic carbocycles. The number of rotatable bonds is 7. The van der Waals surface area contributed by atoms with Gasteiger partial charge in [-0.3, -0.25) is 4.90 Å². The minimum absolute atomic E-state index is 0.885. The van der Waals surface area contributed by atoms with Gasteiger partial charge in [-0.05, 0) is 17.2 Å². The molecular weight excluding hydrogens is 322 g/mol. The lowest BCUT2D eigenvalue weighted by Gasteiger charge is -2.25. The molecule has 0 atom stereocenters. The Hall–Kier alpha value is -2.14. The number of nitrogens with two attached hydrogens (primary N) is 1. The molecule has 3 aromatic rings. The normalized spacial score (nSPS) is 15.5. The Morgan fingerprint density at radius 3 is 2.54 bits per heavy atom. The Labute approximate surface area is 155 Å². The molecule has 3 N–H and O–H groups in total. The topological polar surface area (TPSA) is 44.9 Å². The van der Waals surface area contributed by atoms with Crippen LogP contribution in [0.1, 0.15) is 5.56 Å². The largest absolute Gasteiger partial charge is 0.379 e. The van der Waals surface area contributed by atoms with Crippen molar-refractivity contribution in [1.82, 2.24) is 9.88 Å². The summed E-state index contributed by atoms with van der Waals surface area (Å²) in [6, 6.07) is 19.3. The van der Waals surface area contributed by atoms with Crippen molar-refractivity contribution >= 4 is 10.9 Å². The molecule has 0 saturated carbocycles. The number of aromatic nitrogens is 1. The summed E-state index contributed by atoms with van der Waals surface area (Å²) in [4.78, 5) is 6.14. The highest BCUT2D eigenvalue weighted by Crippen LogP contribution is 2.30. The van der Waals surface area contributed by atoms with Crippen molar-refractivity contribution in [3.63, 3.8) is 0 Å². The van der Waals surface area contributed by atoms with E-state index in [1.165, 1.54) is 27.7 Å². The maximum atomic E-state index is 5.42. The first-order valence-electron chi connectivity index (χ1n) is 9.68. The summed E-state index contributed by atoms with van der Waals surface area (Å²) in [6.45, 7) is 7.35. The Kier molecular flexibility index (Phi) is 5.65. The van der Waals surface area contributed by atoms with Crippen LogP contribution in [0.25, 0.3) is 22.2 Å². The van der Waals surface area contributed by atoms with Crippen LogP contribution in [-0.4, -0.2) is 55.8 Å². The molecule has 1 saturated heterocycles. The summed E-state index contributed by atoms with van der Waals surface area (Å²) in [5.74, 6) is 0. The van der Waals surface area contributed by atoms with Gasteiger partial charge in [0.1, 0.15) is 0 Å². The molecule has 0 aliphatic carbocycles. The van der Waals surface area contributed by atoms with Crippen LogP contribution in [0.5, 0.6) is 0 Å². The van der Waals surface area contributed by atoms with Crippen LogP contribution in [-0.2, 0) is 11.2 Å². The van der Waals surface area contributed by atoms with E-state index < -0.39 is 0 Å². The van der Waals surface area contributed by atoms with Crippen LogP contribution in [0.15, 0.2) is 54.6 Å². The van der Waals surface area contributed by atoms with Crippen molar-refractivity contribution in [2.45, 2.75) is 6.42 Å². The Bertz CT molecular complexity index is 822. The number of ether oxygens (including phenoxy) is 1. The summed E-state index contributed by atoms with van der Waals surface area (Å²) in [5, 5.41) is 3.80. The average molecular weight is 350 g/mol. The zero-order valence-electron chi connectivity index (χ0n) is 15.3. The Morgan fingerprint density at radius 2 is 1.69 bits per heavy atom. The second-order valence-corrected chi connectivity index (χ2v) is 6.96. The number of hydrogen-bond donors (Lipinski definition) is 2. The molecule has 2 heterocycles. The van der Waals surface area contributed by atoms with Crippen LogP contribution in [0, 0.1) is 0 Å². The van der Waals surface area contributed by atoms with Crippen LogP contribution in [0.2, 0.25) is 0 Å². The van der Waals surface area contributed by atoms with Gasteiger partial charge in [0.05, 0.1) is 26.3 Å². The zero-order chi connectivity index (χ0) is 17.6. The van der Waals surface area contributed by atoms with E-state index >= 15 is 0 Å². The van der Waals surface area contributed by atoms with Crippen LogP contribution in [0.3, 0.4) is 0 Å². The fourth-order valence-electron chi connectivity index (χ4n) is 3.80. The minimum Gasteiger partial charge on any atom is -0.379 e. The highest BCUT2D eigenvalue weighted by atomic mass is 16.5. The van der Waals surface area contributed by atoms with Gasteiger partial charge in [0.25, 0.3) is 0 Å². The molecule has 0 unspecified atom stereocenters. The fraction of sp³-hybridized carbons (Fsp3) is 0.364. The van der Waals surface area contributed by atoms with Crippen molar-refractivity contribution in [3.05, 3.63) is 60.2 Å². The predicted molar refractivity (Wildman–Crippen MR) is 106 cm³/mol. The summed E-state index contributed by atoms with van der Waals surface area (Å²) in [6.07, 6.45) is 1.08. The molecule has 1 aromatic heterocycles. The maximum Gasteiger partial charge on any atom is 0.0884 e. The van der Waals surface area contributed by atoms with Crippen LogP contribution < -0.4 is 5.32 Å². The Morgan fingerprint density at radius 1 is 0.923 bits per heavy atom. The monoisotopic (exact) mass is 350 g/mol. The minimum atomic E-state index is 0.885. The summed E-state index contributed by atoms with van der Waals surface area (Å²) >= 11 is 0. The number of morpholine rings is 1. The van der Waals surface area contributed by atoms with E-state index in [4.69, 9.17) is 4.74 Å². The molecule has 4 rings (SSSR count). The number of benzene rings is 2. The molecular formula is C22H28N3O+. The number of fused-ring (bicyclic) bond motifs is 1. The number of quaternary nitrogens is 1. The molecule has 136 valence electrons. The van der Waals surface area contributed by atoms with E-state index in [9.17, 15) is 0 Å². The number of hydrogen-bond acceptors (Lipinski definition) is 2. The number of nitrogens with zero attached hydrogens (tertiary/aromatic N) is 1. The third kappa shape index (κ3) is 3.98. The van der Waals surface area contributed by atoms with Gasteiger partial charge in [0.15, 0.2) is 0 Å². The first kappa shape index (κ1) is 17.3. The van der Waals surface area contributed by atoms with E-state index in [1.54, 1.807) is 0 Å². The molecule has 1 fully saturated rings. The molecule has 0 spiro atoms. The number of H-pyrrole nitrogens is 1. The van der Waals surface area contributed by atoms with Crippen molar-refractivity contribution in [2.75, 3.05) is 45.9 Å². The van der Waals surface area contributed by atoms with E-state index in [2.05, 4.69) is 69.8 Å². The van der Waals surface area contributed by atoms with E-state index in [0.29, 0.717) is 0 Å². The van der Waals surface area contributed by atoms with Gasteiger partial charge in [-0.2, -0.15) is 0 Å². The van der Waals surface area contributed by atoms with Crippen LogP contribution >= 0.6 is 0 Å². The van der Waals surface area contributed by atoms with E-state index in [1.807, 2.05) is 0 Å². The third-order valence-corrected chi connectivity index (χ3v) is 5.23. The molecule has 4 nitrogen and oxygen atoms in total.